The summed E-state index contributed by atoms with van der Waals surface area (Å²) >= 11 is 0. The lowest BCUT2D eigenvalue weighted by Gasteiger charge is -2.01. The van der Waals surface area contributed by atoms with E-state index in [9.17, 15) is 9.18 Å². The van der Waals surface area contributed by atoms with Crippen molar-refractivity contribution in [2.75, 3.05) is 6.67 Å². The molecule has 0 atom stereocenters. The molecule has 0 fully saturated rings. The Bertz CT molecular complexity index is 272. The molecule has 0 radical (unpaired) electrons. The molecule has 0 aliphatic rings. The fraction of sp³-hybridized carbons (Fsp3) is 0.429. The molecule has 0 bridgehead atoms. The maximum Gasteiger partial charge on any atom is 0.309 e. The summed E-state index contributed by atoms with van der Waals surface area (Å²) in [5, 5.41) is 12.2. The number of carboxylic acids is 1. The van der Waals surface area contributed by atoms with Crippen LogP contribution in [-0.4, -0.2) is 27.5 Å². The van der Waals surface area contributed by atoms with Crippen molar-refractivity contribution in [3.05, 3.63) is 18.0 Å². The van der Waals surface area contributed by atoms with Crippen LogP contribution < -0.4 is 0 Å². The van der Waals surface area contributed by atoms with Crippen molar-refractivity contribution in [1.82, 2.24) is 9.78 Å². The van der Waals surface area contributed by atoms with Gasteiger partial charge >= 0.3 is 5.97 Å². The van der Waals surface area contributed by atoms with Crippen LogP contribution in [0, 0.1) is 0 Å². The lowest BCUT2D eigenvalue weighted by molar-refractivity contribution is -0.136. The number of carboxylic acid groups (broad SMARTS) is 1. The smallest absolute Gasteiger partial charge is 0.309 e. The van der Waals surface area contributed by atoms with E-state index in [1.54, 1.807) is 6.07 Å². The van der Waals surface area contributed by atoms with Gasteiger partial charge in [-0.25, -0.2) is 4.39 Å². The van der Waals surface area contributed by atoms with Crippen molar-refractivity contribution in [2.24, 2.45) is 0 Å². The van der Waals surface area contributed by atoms with Crippen LogP contribution in [0.1, 0.15) is 5.69 Å². The molecule has 12 heavy (non-hydrogen) atoms. The van der Waals surface area contributed by atoms with E-state index in [1.165, 1.54) is 10.9 Å². The quantitative estimate of drug-likeness (QED) is 0.718. The minimum absolute atomic E-state index is 0.111. The average Bonchev–Trinajstić information content (AvgIpc) is 2.37. The summed E-state index contributed by atoms with van der Waals surface area (Å²) in [4.78, 5) is 10.3. The first kappa shape index (κ1) is 8.70. The summed E-state index contributed by atoms with van der Waals surface area (Å²) in [7, 11) is 0. The first-order chi connectivity index (χ1) is 5.74. The van der Waals surface area contributed by atoms with Crippen LogP contribution >= 0.6 is 0 Å². The second-order valence-electron chi connectivity index (χ2n) is 2.31. The van der Waals surface area contributed by atoms with Crippen molar-refractivity contribution < 1.29 is 14.3 Å². The van der Waals surface area contributed by atoms with Gasteiger partial charge in [-0.1, -0.05) is 0 Å². The summed E-state index contributed by atoms with van der Waals surface area (Å²) < 4.78 is 13.2. The molecule has 0 saturated heterocycles. The van der Waals surface area contributed by atoms with E-state index in [4.69, 9.17) is 5.11 Å². The normalized spacial score (nSPS) is 10.1. The van der Waals surface area contributed by atoms with Gasteiger partial charge in [0.15, 0.2) is 0 Å². The molecule has 1 rings (SSSR count). The molecule has 0 saturated carbocycles. The maximum absolute atomic E-state index is 11.9. The van der Waals surface area contributed by atoms with Crippen molar-refractivity contribution in [1.29, 1.82) is 0 Å². The Hall–Kier alpha value is -1.39. The monoisotopic (exact) mass is 172 g/mol. The number of aromatic nitrogens is 2. The molecule has 0 aliphatic heterocycles. The lowest BCUT2D eigenvalue weighted by Crippen LogP contribution is -2.10. The Morgan fingerprint density at radius 2 is 2.50 bits per heavy atom. The van der Waals surface area contributed by atoms with Gasteiger partial charge in [-0.05, 0) is 6.07 Å². The summed E-state index contributed by atoms with van der Waals surface area (Å²) in [6.07, 6.45) is 1.36. The number of aryl methyl sites for hydroxylation is 1. The van der Waals surface area contributed by atoms with E-state index < -0.39 is 12.6 Å². The standard InChI is InChI=1S/C7H9FN2O2/c8-2-4-10-6(1-3-9-10)5-7(11)12/h1,3H,2,4-5H2,(H,11,12). The van der Waals surface area contributed by atoms with Gasteiger partial charge in [0, 0.05) is 11.9 Å². The van der Waals surface area contributed by atoms with Crippen LogP contribution in [0.2, 0.25) is 0 Å². The number of aliphatic carboxylic acids is 1. The highest BCUT2D eigenvalue weighted by Crippen LogP contribution is 1.99. The highest BCUT2D eigenvalue weighted by atomic mass is 19.1. The van der Waals surface area contributed by atoms with Gasteiger partial charge in [-0.2, -0.15) is 5.10 Å². The molecule has 0 aromatic carbocycles. The zero-order valence-corrected chi connectivity index (χ0v) is 6.40. The van der Waals surface area contributed by atoms with E-state index in [1.807, 2.05) is 0 Å². The van der Waals surface area contributed by atoms with E-state index in [0.29, 0.717) is 5.69 Å². The third kappa shape index (κ3) is 2.05. The predicted octanol–water partition coefficient (Wildman–Crippen LogP) is 0.480. The number of alkyl halides is 1. The molecule has 66 valence electrons. The van der Waals surface area contributed by atoms with Crippen LogP contribution in [0.25, 0.3) is 0 Å². The molecular formula is C7H9FN2O2. The summed E-state index contributed by atoms with van der Waals surface area (Å²) in [5.41, 5.74) is 0.528. The van der Waals surface area contributed by atoms with Crippen LogP contribution in [0.4, 0.5) is 4.39 Å². The second-order valence-corrected chi connectivity index (χ2v) is 2.31. The van der Waals surface area contributed by atoms with Crippen molar-refractivity contribution in [3.63, 3.8) is 0 Å². The number of rotatable bonds is 4. The van der Waals surface area contributed by atoms with Gasteiger partial charge in [0.25, 0.3) is 0 Å². The largest absolute Gasteiger partial charge is 0.481 e. The topological polar surface area (TPSA) is 55.1 Å². The Morgan fingerprint density at radius 1 is 1.75 bits per heavy atom. The van der Waals surface area contributed by atoms with Gasteiger partial charge in [0.1, 0.15) is 6.67 Å². The van der Waals surface area contributed by atoms with Crippen LogP contribution in [0.15, 0.2) is 12.3 Å². The van der Waals surface area contributed by atoms with Crippen LogP contribution in [0.3, 0.4) is 0 Å². The number of halogens is 1. The molecule has 0 amide bonds. The first-order valence-electron chi connectivity index (χ1n) is 3.52. The van der Waals surface area contributed by atoms with Crippen LogP contribution in [-0.2, 0) is 17.8 Å². The number of nitrogens with zero attached hydrogens (tertiary/aromatic N) is 2. The van der Waals surface area contributed by atoms with E-state index >= 15 is 0 Å². The van der Waals surface area contributed by atoms with E-state index in [-0.39, 0.29) is 13.0 Å². The Labute approximate surface area is 68.6 Å². The molecule has 0 unspecified atom stereocenters. The Morgan fingerprint density at radius 3 is 3.08 bits per heavy atom. The molecule has 5 heteroatoms. The molecule has 4 nitrogen and oxygen atoms in total. The van der Waals surface area contributed by atoms with Crippen molar-refractivity contribution in [3.8, 4) is 0 Å². The van der Waals surface area contributed by atoms with Gasteiger partial charge < -0.3 is 5.11 Å². The van der Waals surface area contributed by atoms with Crippen molar-refractivity contribution in [2.45, 2.75) is 13.0 Å². The number of hydrogen-bond donors (Lipinski definition) is 1. The van der Waals surface area contributed by atoms with Gasteiger partial charge in [-0.3, -0.25) is 9.48 Å². The second kappa shape index (κ2) is 3.85. The molecule has 1 aromatic rings. The summed E-state index contributed by atoms with van der Waals surface area (Å²) in [6, 6.07) is 1.57. The first-order valence-corrected chi connectivity index (χ1v) is 3.52. The lowest BCUT2D eigenvalue weighted by atomic mass is 10.3. The van der Waals surface area contributed by atoms with Crippen molar-refractivity contribution >= 4 is 5.97 Å². The fourth-order valence-corrected chi connectivity index (χ4v) is 0.947. The molecule has 1 N–H and O–H groups in total. The predicted molar refractivity (Wildman–Crippen MR) is 39.5 cm³/mol. The Balaban J connectivity index is 2.69. The zero-order valence-electron chi connectivity index (χ0n) is 6.40. The van der Waals surface area contributed by atoms with Gasteiger partial charge in [-0.15, -0.1) is 0 Å². The third-order valence-electron chi connectivity index (χ3n) is 1.43. The van der Waals surface area contributed by atoms with Crippen LogP contribution in [0.5, 0.6) is 0 Å². The SMILES string of the molecule is O=C(O)Cc1ccnn1CCF. The summed E-state index contributed by atoms with van der Waals surface area (Å²) in [5.74, 6) is -0.935. The Kier molecular flexibility index (Phi) is 2.79. The molecular weight excluding hydrogens is 163 g/mol. The summed E-state index contributed by atoms with van der Waals surface area (Å²) in [6.45, 7) is -0.413. The number of carbonyl (C=O) groups is 1. The molecule has 0 spiro atoms. The molecule has 1 aromatic heterocycles. The maximum atomic E-state index is 11.9. The minimum atomic E-state index is -0.935. The highest BCUT2D eigenvalue weighted by molar-refractivity contribution is 5.69. The van der Waals surface area contributed by atoms with E-state index in [0.717, 1.165) is 0 Å². The highest BCUT2D eigenvalue weighted by Gasteiger charge is 2.05. The van der Waals surface area contributed by atoms with Gasteiger partial charge in [0.2, 0.25) is 0 Å². The van der Waals surface area contributed by atoms with Gasteiger partial charge in [0.05, 0.1) is 13.0 Å². The minimum Gasteiger partial charge on any atom is -0.481 e. The van der Waals surface area contributed by atoms with E-state index in [2.05, 4.69) is 5.10 Å². The average molecular weight is 172 g/mol. The third-order valence-corrected chi connectivity index (χ3v) is 1.43. The number of hydrogen-bond acceptors (Lipinski definition) is 2. The fourth-order valence-electron chi connectivity index (χ4n) is 0.947. The zero-order chi connectivity index (χ0) is 8.97. The molecule has 1 heterocycles. The molecule has 0 aliphatic carbocycles.